The van der Waals surface area contributed by atoms with E-state index in [9.17, 15) is 19.8 Å². The van der Waals surface area contributed by atoms with E-state index in [4.69, 9.17) is 29.5 Å². The molecule has 3 aliphatic rings. The van der Waals surface area contributed by atoms with Crippen LogP contribution in [0.15, 0.2) is 54.0 Å². The number of aliphatic hydroxyl groups excluding tert-OH is 1. The quantitative estimate of drug-likeness (QED) is 0.0679. The van der Waals surface area contributed by atoms with Crippen molar-refractivity contribution in [3.05, 3.63) is 48.8 Å². The summed E-state index contributed by atoms with van der Waals surface area (Å²) in [4.78, 5) is 35.8. The maximum absolute atomic E-state index is 14.1. The van der Waals surface area contributed by atoms with Crippen LogP contribution in [0.4, 0.5) is 0 Å². The minimum Gasteiger partial charge on any atom is -0.459 e. The molecule has 4 rings (SSSR count). The third kappa shape index (κ3) is 20.8. The van der Waals surface area contributed by atoms with E-state index < -0.39 is 59.5 Å². The molecule has 67 heavy (non-hydrogen) atoms. The normalized spacial score (nSPS) is 32.3. The second-order valence-corrected chi connectivity index (χ2v) is 18.0. The van der Waals surface area contributed by atoms with Crippen LogP contribution in [0.3, 0.4) is 0 Å². The molecule has 2 fully saturated rings. The minimum absolute atomic E-state index is 0.0646. The highest BCUT2D eigenvalue weighted by molar-refractivity contribution is 6.00. The van der Waals surface area contributed by atoms with Gasteiger partial charge in [0.25, 0.3) is 0 Å². The maximum Gasteiger partial charge on any atom is 0.316 e. The number of carbonyl (C=O) groups excluding carboxylic acids is 2. The molecule has 15 nitrogen and oxygen atoms in total. The summed E-state index contributed by atoms with van der Waals surface area (Å²) in [6.07, 6.45) is 5.65. The van der Waals surface area contributed by atoms with Gasteiger partial charge < -0.3 is 50.1 Å². The lowest BCUT2D eigenvalue weighted by molar-refractivity contribution is -0.262. The molecule has 0 saturated carbocycles. The highest BCUT2D eigenvalue weighted by Gasteiger charge is 2.51. The molecule has 0 bridgehead atoms. The molecule has 0 aliphatic carbocycles. The van der Waals surface area contributed by atoms with Crippen molar-refractivity contribution in [3.8, 4) is 0 Å². The number of nitrogens with one attached hydrogen (secondary N) is 2. The molecule has 3 aliphatic heterocycles. The third-order valence-corrected chi connectivity index (χ3v) is 12.7. The Morgan fingerprint density at radius 3 is 2.03 bits per heavy atom. The number of rotatable bonds is 14. The van der Waals surface area contributed by atoms with Crippen LogP contribution in [-0.4, -0.2) is 125 Å². The van der Waals surface area contributed by atoms with Crippen LogP contribution in [0.1, 0.15) is 155 Å². The van der Waals surface area contributed by atoms with Gasteiger partial charge in [-0.15, -0.1) is 5.53 Å². The molecule has 13 atom stereocenters. The lowest BCUT2D eigenvalue weighted by Gasteiger charge is -2.46. The van der Waals surface area contributed by atoms with Crippen LogP contribution in [0.25, 0.3) is 0 Å². The number of cyclic esters (lactones) is 1. The Kier molecular flexibility index (Phi) is 32.6. The van der Waals surface area contributed by atoms with Gasteiger partial charge in [0.15, 0.2) is 12.1 Å². The average molecular weight is 951 g/mol. The van der Waals surface area contributed by atoms with Crippen molar-refractivity contribution < 1.29 is 43.6 Å². The first-order valence-corrected chi connectivity index (χ1v) is 25.4. The number of aliphatic hydroxyl groups is 2. The van der Waals surface area contributed by atoms with Gasteiger partial charge >= 0.3 is 5.97 Å². The van der Waals surface area contributed by atoms with E-state index in [-0.39, 0.29) is 42.9 Å². The molecule has 0 aromatic heterocycles. The number of unbranched alkanes of at least 4 members (excludes halogenated alkanes) is 1. The second kappa shape index (κ2) is 34.2. The fourth-order valence-corrected chi connectivity index (χ4v) is 8.58. The largest absolute Gasteiger partial charge is 0.459 e. The lowest BCUT2D eigenvalue weighted by atomic mass is 9.74. The first kappa shape index (κ1) is 63.8. The van der Waals surface area contributed by atoms with Crippen molar-refractivity contribution in [2.45, 2.75) is 209 Å². The molecule has 0 radical (unpaired) electrons. The second-order valence-electron chi connectivity index (χ2n) is 18.0. The molecule has 6 N–H and O–H groups in total. The van der Waals surface area contributed by atoms with E-state index in [1.807, 2.05) is 109 Å². The fourth-order valence-electron chi connectivity index (χ4n) is 8.58. The van der Waals surface area contributed by atoms with E-state index in [1.54, 1.807) is 27.9 Å². The molecule has 2 saturated heterocycles. The van der Waals surface area contributed by atoms with Crippen LogP contribution in [-0.2, 0) is 33.4 Å². The zero-order valence-electron chi connectivity index (χ0n) is 44.9. The number of hydrogen-bond donors (Lipinski definition) is 5. The fraction of sp³-hybridized carbons (Fsp3) is 0.788. The molecule has 0 spiro atoms. The van der Waals surface area contributed by atoms with Crippen molar-refractivity contribution in [3.63, 3.8) is 0 Å². The molecule has 15 heteroatoms. The van der Waals surface area contributed by atoms with Crippen LogP contribution in [0, 0.1) is 23.7 Å². The summed E-state index contributed by atoms with van der Waals surface area (Å²) >= 11 is 0. The molecule has 3 heterocycles. The predicted octanol–water partition coefficient (Wildman–Crippen LogP) is 8.39. The number of methoxy groups -OCH3 is 1. The topological polar surface area (TPSA) is 190 Å². The van der Waals surface area contributed by atoms with E-state index >= 15 is 0 Å². The van der Waals surface area contributed by atoms with Crippen molar-refractivity contribution in [2.24, 2.45) is 34.6 Å². The standard InChI is InChI=1S/C36H67N3O9.C6H13N3.C6H6.2C2H6/c1-13-16-39(11)26-17-22(5)45-29(18-26)47-33-24(7)31(40)25(8)34(42)46-28(15-3)36(10,43)32(41)23(6)30(38-48-27(14-2)20-37)21(4)19-35(33,9)44-12;1-2-3-5-9-6-4-7-8-9;1-2-4-6-5-3-1;2*1-2/h21-29,32-33,41,43H,13-20,37H2,1-12H3;4,6-8H,2-3,5H2,1H3;1-6H;2*1-2H3/b38-30+;;;;/t21-,22-,23+,24+,25-,26+,27-,28-,29+,32?,33-,35-,36-;;;;/m1..../s1. The summed E-state index contributed by atoms with van der Waals surface area (Å²) in [6, 6.07) is 12.2. The Bertz CT molecular complexity index is 1470. The van der Waals surface area contributed by atoms with Crippen molar-refractivity contribution in [2.75, 3.05) is 33.8 Å². The Morgan fingerprint density at radius 1 is 0.955 bits per heavy atom. The number of Topliss-reactive ketones (excluding diaryl/α,β-unsaturated/α-hetero) is 1. The zero-order chi connectivity index (χ0) is 51.3. The monoisotopic (exact) mass is 951 g/mol. The summed E-state index contributed by atoms with van der Waals surface area (Å²) < 4.78 is 25.2. The number of benzene rings is 1. The summed E-state index contributed by atoms with van der Waals surface area (Å²) in [5.41, 5.74) is 9.27. The number of esters is 1. The van der Waals surface area contributed by atoms with Gasteiger partial charge in [0, 0.05) is 62.8 Å². The van der Waals surface area contributed by atoms with Gasteiger partial charge in [-0.3, -0.25) is 14.6 Å². The molecule has 1 aromatic rings. The first-order chi connectivity index (χ1) is 31.8. The molecule has 390 valence electrons. The zero-order valence-corrected chi connectivity index (χ0v) is 44.9. The number of ketones is 1. The lowest BCUT2D eigenvalue weighted by Crippen LogP contribution is -2.58. The highest BCUT2D eigenvalue weighted by Crippen LogP contribution is 2.38. The highest BCUT2D eigenvalue weighted by atomic mass is 16.7. The number of carbonyl (C=O) groups is 2. The number of hydrogen-bond acceptors (Lipinski definition) is 15. The van der Waals surface area contributed by atoms with Gasteiger partial charge in [-0.1, -0.05) is 124 Å². The molecular weight excluding hydrogens is 853 g/mol. The third-order valence-electron chi connectivity index (χ3n) is 12.7. The summed E-state index contributed by atoms with van der Waals surface area (Å²) in [5.74, 6) is -4.23. The van der Waals surface area contributed by atoms with Gasteiger partial charge in [-0.05, 0) is 79.8 Å². The predicted molar refractivity (Wildman–Crippen MR) is 271 cm³/mol. The van der Waals surface area contributed by atoms with Gasteiger partial charge in [0.1, 0.15) is 23.7 Å². The Balaban J connectivity index is 0.00000189. The Labute approximate surface area is 407 Å². The molecular formula is C52H98N6O9. The molecule has 0 amide bonds. The van der Waals surface area contributed by atoms with Crippen LogP contribution in [0.5, 0.6) is 0 Å². The maximum atomic E-state index is 14.1. The number of ether oxygens (including phenoxy) is 4. The van der Waals surface area contributed by atoms with Crippen LogP contribution >= 0.6 is 0 Å². The summed E-state index contributed by atoms with van der Waals surface area (Å²) in [5, 5.41) is 29.9. The number of hydrazine groups is 2. The minimum atomic E-state index is -1.87. The van der Waals surface area contributed by atoms with E-state index in [0.717, 1.165) is 25.9 Å². The molecule has 1 aromatic carbocycles. The summed E-state index contributed by atoms with van der Waals surface area (Å²) in [7, 11) is 3.69. The van der Waals surface area contributed by atoms with Crippen LogP contribution < -0.4 is 16.7 Å². The summed E-state index contributed by atoms with van der Waals surface area (Å²) in [6.45, 7) is 30.6. The SMILES string of the molecule is CC.CC.CCCCN1C=CNN1.CCCN(C)[C@@H]1C[C@H](O[C@@H]2[C@@H](C)C(=O)[C@@H](C)C(=O)O[C@H](CC)[C@@](C)(O)C(O)[C@@H](C)/C(=N/O[C@H](CC)CN)[C@H](C)C[C@@]2(C)OC)O[C@H](C)C1.c1ccccc1. The van der Waals surface area contributed by atoms with Gasteiger partial charge in [0.2, 0.25) is 0 Å². The van der Waals surface area contributed by atoms with Crippen molar-refractivity contribution in [1.82, 2.24) is 20.9 Å². The number of nitrogens with two attached hydrogens (primary N) is 1. The average Bonchev–Trinajstić information content (AvgIpc) is 3.87. The van der Waals surface area contributed by atoms with Crippen molar-refractivity contribution >= 4 is 17.5 Å². The van der Waals surface area contributed by atoms with E-state index in [0.29, 0.717) is 25.0 Å². The Morgan fingerprint density at radius 2 is 1.55 bits per heavy atom. The van der Waals surface area contributed by atoms with Gasteiger partial charge in [0.05, 0.1) is 29.6 Å². The van der Waals surface area contributed by atoms with Crippen molar-refractivity contribution in [1.29, 1.82) is 0 Å². The van der Waals surface area contributed by atoms with Crippen LogP contribution in [0.2, 0.25) is 0 Å². The number of nitrogens with zero attached hydrogens (tertiary/aromatic N) is 3. The number of oxime groups is 1. The van der Waals surface area contributed by atoms with E-state index in [1.165, 1.54) is 26.7 Å². The van der Waals surface area contributed by atoms with E-state index in [2.05, 4.69) is 41.9 Å². The molecule has 1 unspecified atom stereocenters. The van der Waals surface area contributed by atoms with Gasteiger partial charge in [-0.25, -0.2) is 0 Å². The van der Waals surface area contributed by atoms with Gasteiger partial charge in [-0.2, -0.15) is 0 Å². The smallest absolute Gasteiger partial charge is 0.316 e. The first-order valence-electron chi connectivity index (χ1n) is 25.4. The Hall–Kier alpha value is -3.15.